The second kappa shape index (κ2) is 3.85. The number of thiazole rings is 1. The van der Waals surface area contributed by atoms with E-state index >= 15 is 0 Å². The normalized spacial score (nSPS) is 27.4. The van der Waals surface area contributed by atoms with Crippen LogP contribution < -0.4 is 0 Å². The summed E-state index contributed by atoms with van der Waals surface area (Å²) >= 11 is 1.86. The summed E-state index contributed by atoms with van der Waals surface area (Å²) < 4.78 is 0. The van der Waals surface area contributed by atoms with Crippen molar-refractivity contribution in [2.45, 2.75) is 37.8 Å². The van der Waals surface area contributed by atoms with Crippen molar-refractivity contribution in [2.24, 2.45) is 0 Å². The van der Waals surface area contributed by atoms with Crippen molar-refractivity contribution in [3.05, 3.63) is 16.1 Å². The van der Waals surface area contributed by atoms with Crippen LogP contribution in [0.4, 0.5) is 0 Å². The summed E-state index contributed by atoms with van der Waals surface area (Å²) in [4.78, 5) is 8.14. The molecule has 3 nitrogen and oxygen atoms in total. The molecule has 0 amide bonds. The number of rotatable bonds is 3. The number of β-amino-alcohol motifs (C(OH)–C–C–N with tert-alkyl or cyclic N) is 1. The van der Waals surface area contributed by atoms with Crippen LogP contribution in [0.3, 0.4) is 0 Å². The van der Waals surface area contributed by atoms with Crippen molar-refractivity contribution in [3.8, 4) is 0 Å². The molecule has 1 N–H and O–H groups in total. The number of hydrogen-bond acceptors (Lipinski definition) is 4. The van der Waals surface area contributed by atoms with Crippen molar-refractivity contribution in [1.82, 2.24) is 9.88 Å². The molecule has 1 saturated carbocycles. The van der Waals surface area contributed by atoms with Gasteiger partial charge in [0.15, 0.2) is 0 Å². The largest absolute Gasteiger partial charge is 0.392 e. The van der Waals surface area contributed by atoms with Crippen LogP contribution in [0.15, 0.2) is 6.20 Å². The molecule has 1 aliphatic carbocycles. The zero-order valence-electron chi connectivity index (χ0n) is 8.72. The second-order valence-electron chi connectivity index (χ2n) is 4.62. The highest BCUT2D eigenvalue weighted by molar-refractivity contribution is 7.11. The van der Waals surface area contributed by atoms with Gasteiger partial charge in [-0.1, -0.05) is 0 Å². The van der Waals surface area contributed by atoms with Gasteiger partial charge in [-0.25, -0.2) is 4.98 Å². The fourth-order valence-electron chi connectivity index (χ4n) is 2.09. The minimum absolute atomic E-state index is 0.110. The first kappa shape index (κ1) is 9.75. The van der Waals surface area contributed by atoms with E-state index in [1.807, 2.05) is 17.5 Å². The third-order valence-corrected chi connectivity index (χ3v) is 4.27. The number of nitrogens with zero attached hydrogens (tertiary/aromatic N) is 2. The standard InChI is InChI=1S/C11H16N2OS/c14-9-3-4-13(6-9)7-10-5-12-11(15-10)8-1-2-8/h5,8-9,14H,1-4,6-7H2/t9-/m1/s1. The third kappa shape index (κ3) is 2.22. The fraction of sp³-hybridized carbons (Fsp3) is 0.727. The molecule has 82 valence electrons. The Morgan fingerprint density at radius 1 is 1.47 bits per heavy atom. The molecule has 1 aliphatic heterocycles. The first-order chi connectivity index (χ1) is 7.31. The van der Waals surface area contributed by atoms with E-state index in [9.17, 15) is 5.11 Å². The highest BCUT2D eigenvalue weighted by atomic mass is 32.1. The maximum Gasteiger partial charge on any atom is 0.0959 e. The summed E-state index contributed by atoms with van der Waals surface area (Å²) in [5.74, 6) is 0.771. The van der Waals surface area contributed by atoms with Crippen molar-refractivity contribution < 1.29 is 5.11 Å². The molecule has 0 spiro atoms. The molecule has 0 unspecified atom stereocenters. The number of aromatic nitrogens is 1. The van der Waals surface area contributed by atoms with Crippen molar-refractivity contribution in [1.29, 1.82) is 0 Å². The van der Waals surface area contributed by atoms with Crippen LogP contribution in [0.2, 0.25) is 0 Å². The number of aliphatic hydroxyl groups is 1. The molecule has 1 saturated heterocycles. The Bertz CT molecular complexity index is 348. The van der Waals surface area contributed by atoms with Crippen LogP contribution in [0.5, 0.6) is 0 Å². The Balaban J connectivity index is 1.61. The topological polar surface area (TPSA) is 36.4 Å². The van der Waals surface area contributed by atoms with Crippen LogP contribution in [-0.4, -0.2) is 34.2 Å². The lowest BCUT2D eigenvalue weighted by Crippen LogP contribution is -2.20. The van der Waals surface area contributed by atoms with E-state index < -0.39 is 0 Å². The highest BCUT2D eigenvalue weighted by Crippen LogP contribution is 2.41. The number of aliphatic hydroxyl groups excluding tert-OH is 1. The molecule has 2 fully saturated rings. The van der Waals surface area contributed by atoms with Crippen LogP contribution >= 0.6 is 11.3 Å². The molecule has 0 bridgehead atoms. The van der Waals surface area contributed by atoms with Gasteiger partial charge in [0.25, 0.3) is 0 Å². The summed E-state index contributed by atoms with van der Waals surface area (Å²) in [7, 11) is 0. The predicted octanol–water partition coefficient (Wildman–Crippen LogP) is 1.59. The van der Waals surface area contributed by atoms with Gasteiger partial charge in [-0.15, -0.1) is 11.3 Å². The molecule has 0 radical (unpaired) electrons. The number of hydrogen-bond donors (Lipinski definition) is 1. The first-order valence-electron chi connectivity index (χ1n) is 5.66. The molecule has 2 aliphatic rings. The summed E-state index contributed by atoms with van der Waals surface area (Å²) in [6, 6.07) is 0. The SMILES string of the molecule is O[C@@H]1CCN(Cc2cnc(C3CC3)s2)C1. The average Bonchev–Trinajstić information content (AvgIpc) is 2.84. The average molecular weight is 224 g/mol. The van der Waals surface area contributed by atoms with Gasteiger partial charge in [-0.3, -0.25) is 4.90 Å². The third-order valence-electron chi connectivity index (χ3n) is 3.12. The smallest absolute Gasteiger partial charge is 0.0959 e. The van der Waals surface area contributed by atoms with Gasteiger partial charge in [-0.05, 0) is 19.3 Å². The number of likely N-dealkylation sites (tertiary alicyclic amines) is 1. The van der Waals surface area contributed by atoms with Crippen LogP contribution in [0.25, 0.3) is 0 Å². The lowest BCUT2D eigenvalue weighted by atomic mass is 10.3. The summed E-state index contributed by atoms with van der Waals surface area (Å²) in [6.07, 6.45) is 5.49. The van der Waals surface area contributed by atoms with E-state index in [1.165, 1.54) is 22.7 Å². The highest BCUT2D eigenvalue weighted by Gasteiger charge is 2.27. The molecule has 3 rings (SSSR count). The van der Waals surface area contributed by atoms with Crippen molar-refractivity contribution in [3.63, 3.8) is 0 Å². The molecular weight excluding hydrogens is 208 g/mol. The quantitative estimate of drug-likeness (QED) is 0.847. The molecule has 4 heteroatoms. The van der Waals surface area contributed by atoms with Crippen molar-refractivity contribution in [2.75, 3.05) is 13.1 Å². The fourth-order valence-corrected chi connectivity index (χ4v) is 3.22. The van der Waals surface area contributed by atoms with Gasteiger partial charge in [0, 0.05) is 36.6 Å². The lowest BCUT2D eigenvalue weighted by Gasteiger charge is -2.12. The van der Waals surface area contributed by atoms with Gasteiger partial charge in [-0.2, -0.15) is 0 Å². The maximum absolute atomic E-state index is 9.43. The van der Waals surface area contributed by atoms with E-state index in [0.29, 0.717) is 0 Å². The maximum atomic E-state index is 9.43. The van der Waals surface area contributed by atoms with E-state index in [4.69, 9.17) is 0 Å². The Hall–Kier alpha value is -0.450. The van der Waals surface area contributed by atoms with Gasteiger partial charge in [0.2, 0.25) is 0 Å². The first-order valence-corrected chi connectivity index (χ1v) is 6.48. The Morgan fingerprint density at radius 2 is 2.33 bits per heavy atom. The lowest BCUT2D eigenvalue weighted by molar-refractivity contribution is 0.175. The zero-order chi connectivity index (χ0) is 10.3. The summed E-state index contributed by atoms with van der Waals surface area (Å²) in [5, 5.41) is 10.8. The van der Waals surface area contributed by atoms with E-state index in [-0.39, 0.29) is 6.10 Å². The second-order valence-corrected chi connectivity index (χ2v) is 5.76. The van der Waals surface area contributed by atoms with Crippen LogP contribution in [0, 0.1) is 0 Å². The van der Waals surface area contributed by atoms with Gasteiger partial charge in [0.05, 0.1) is 11.1 Å². The predicted molar refractivity (Wildman–Crippen MR) is 60.0 cm³/mol. The van der Waals surface area contributed by atoms with E-state index in [0.717, 1.165) is 32.0 Å². The van der Waals surface area contributed by atoms with E-state index in [2.05, 4.69) is 9.88 Å². The molecule has 0 aromatic carbocycles. The van der Waals surface area contributed by atoms with Crippen LogP contribution in [-0.2, 0) is 6.54 Å². The monoisotopic (exact) mass is 224 g/mol. The molecule has 1 aromatic heterocycles. The molecule has 1 aromatic rings. The summed E-state index contributed by atoms with van der Waals surface area (Å²) in [6.45, 7) is 2.83. The minimum atomic E-state index is -0.110. The van der Waals surface area contributed by atoms with Crippen molar-refractivity contribution >= 4 is 11.3 Å². The molecule has 15 heavy (non-hydrogen) atoms. The molecule has 2 heterocycles. The summed E-state index contributed by atoms with van der Waals surface area (Å²) in [5.41, 5.74) is 0. The Labute approximate surface area is 93.8 Å². The Kier molecular flexibility index (Phi) is 2.50. The van der Waals surface area contributed by atoms with Gasteiger partial charge < -0.3 is 5.11 Å². The minimum Gasteiger partial charge on any atom is -0.392 e. The van der Waals surface area contributed by atoms with Gasteiger partial charge >= 0.3 is 0 Å². The van der Waals surface area contributed by atoms with E-state index in [1.54, 1.807) is 0 Å². The molecular formula is C11H16N2OS. The zero-order valence-corrected chi connectivity index (χ0v) is 9.54. The van der Waals surface area contributed by atoms with Gasteiger partial charge in [0.1, 0.15) is 0 Å². The van der Waals surface area contributed by atoms with Crippen LogP contribution in [0.1, 0.15) is 35.1 Å². The Morgan fingerprint density at radius 3 is 3.00 bits per heavy atom. The molecule has 1 atom stereocenters.